The zero-order valence-corrected chi connectivity index (χ0v) is 18.3. The molecule has 0 unspecified atom stereocenters. The third-order valence-electron chi connectivity index (χ3n) is 5.00. The number of hydrogen-bond donors (Lipinski definition) is 1. The number of rotatable bonds is 5. The molecule has 5 rings (SSSR count). The van der Waals surface area contributed by atoms with Gasteiger partial charge in [-0.05, 0) is 48.0 Å². The number of nitrogens with zero attached hydrogens (tertiary/aromatic N) is 5. The number of methoxy groups -OCH3 is 1. The normalized spacial score (nSPS) is 11.7. The fourth-order valence-electron chi connectivity index (χ4n) is 3.57. The molecule has 5 aromatic rings. The number of nitrogens with one attached hydrogen (secondary N) is 1. The summed E-state index contributed by atoms with van der Waals surface area (Å²) >= 11 is 0. The van der Waals surface area contributed by atoms with Crippen LogP contribution in [-0.2, 0) is 10.0 Å². The average Bonchev–Trinajstić information content (AvgIpc) is 3.23. The third kappa shape index (κ3) is 3.94. The first-order valence-electron chi connectivity index (χ1n) is 9.74. The Balaban J connectivity index is 1.70. The van der Waals surface area contributed by atoms with E-state index in [2.05, 4.69) is 24.9 Å². The van der Waals surface area contributed by atoms with Crippen LogP contribution < -0.4 is 9.46 Å². The van der Waals surface area contributed by atoms with Crippen molar-refractivity contribution in [1.82, 2.24) is 24.6 Å². The molecule has 3 heterocycles. The van der Waals surface area contributed by atoms with Crippen LogP contribution in [-0.4, -0.2) is 46.3 Å². The van der Waals surface area contributed by atoms with E-state index < -0.39 is 10.0 Å². The lowest BCUT2D eigenvalue weighted by Gasteiger charge is -2.12. The molecule has 0 aliphatic heterocycles. The molecule has 0 aliphatic carbocycles. The molecule has 0 atom stereocenters. The number of anilines is 1. The van der Waals surface area contributed by atoms with Crippen molar-refractivity contribution in [2.45, 2.75) is 0 Å². The molecule has 0 radical (unpaired) electrons. The molecule has 166 valence electrons. The van der Waals surface area contributed by atoms with Crippen molar-refractivity contribution in [2.24, 2.45) is 0 Å². The predicted molar refractivity (Wildman–Crippen MR) is 122 cm³/mol. The maximum atomic E-state index is 13.4. The number of fused-ring (bicyclic) bond motifs is 3. The molecule has 0 saturated carbocycles. The first-order valence-corrected chi connectivity index (χ1v) is 11.6. The van der Waals surface area contributed by atoms with Gasteiger partial charge in [0.1, 0.15) is 11.5 Å². The molecule has 0 bridgehead atoms. The van der Waals surface area contributed by atoms with Crippen molar-refractivity contribution in [3.05, 3.63) is 66.7 Å². The molecular formula is C22H17FN6O3S. The van der Waals surface area contributed by atoms with E-state index in [4.69, 9.17) is 4.74 Å². The number of hydrogen-bond acceptors (Lipinski definition) is 7. The number of benzene rings is 2. The summed E-state index contributed by atoms with van der Waals surface area (Å²) in [5.74, 6) is 0.361. The van der Waals surface area contributed by atoms with E-state index in [-0.39, 0.29) is 17.4 Å². The lowest BCUT2D eigenvalue weighted by molar-refractivity contribution is 0.400. The number of ether oxygens (including phenoxy) is 1. The molecule has 0 amide bonds. The summed E-state index contributed by atoms with van der Waals surface area (Å²) < 4.78 is 46.4. The molecule has 1 N–H and O–H groups in total. The zero-order valence-electron chi connectivity index (χ0n) is 17.5. The highest BCUT2D eigenvalue weighted by Crippen LogP contribution is 2.31. The first-order chi connectivity index (χ1) is 15.8. The molecule has 0 spiro atoms. The van der Waals surface area contributed by atoms with Gasteiger partial charge in [-0.15, -0.1) is 10.2 Å². The lowest BCUT2D eigenvalue weighted by Crippen LogP contribution is -2.11. The van der Waals surface area contributed by atoms with Gasteiger partial charge in [0.2, 0.25) is 15.9 Å². The Labute approximate surface area is 188 Å². The zero-order chi connectivity index (χ0) is 23.2. The number of pyridine rings is 1. The quantitative estimate of drug-likeness (QED) is 0.424. The minimum absolute atomic E-state index is 0.159. The molecule has 3 aromatic heterocycles. The van der Waals surface area contributed by atoms with Crippen LogP contribution in [0.3, 0.4) is 0 Å². The van der Waals surface area contributed by atoms with Crippen LogP contribution in [0.5, 0.6) is 5.88 Å². The summed E-state index contributed by atoms with van der Waals surface area (Å²) in [6, 6.07) is 13.2. The van der Waals surface area contributed by atoms with E-state index in [1.807, 2.05) is 22.6 Å². The van der Waals surface area contributed by atoms with Crippen molar-refractivity contribution >= 4 is 32.4 Å². The lowest BCUT2D eigenvalue weighted by atomic mass is 10.1. The van der Waals surface area contributed by atoms with Gasteiger partial charge in [-0.1, -0.05) is 6.07 Å². The Morgan fingerprint density at radius 3 is 2.42 bits per heavy atom. The van der Waals surface area contributed by atoms with Crippen LogP contribution in [0, 0.1) is 5.82 Å². The smallest absolute Gasteiger partial charge is 0.238 e. The van der Waals surface area contributed by atoms with E-state index in [1.54, 1.807) is 30.6 Å². The molecule has 0 fully saturated rings. The van der Waals surface area contributed by atoms with Gasteiger partial charge in [-0.3, -0.25) is 14.1 Å². The van der Waals surface area contributed by atoms with Gasteiger partial charge in [-0.25, -0.2) is 17.8 Å². The first kappa shape index (κ1) is 20.8. The van der Waals surface area contributed by atoms with Gasteiger partial charge in [0, 0.05) is 17.3 Å². The minimum Gasteiger partial charge on any atom is -0.480 e. The monoisotopic (exact) mass is 464 g/mol. The largest absolute Gasteiger partial charge is 0.480 e. The SMILES string of the molecule is COc1ncc(-c2ccc3ncc4nnc(-c5ccc(F)cc5)n4c3c2)cc1NS(C)(=O)=O. The Morgan fingerprint density at radius 2 is 1.70 bits per heavy atom. The van der Waals surface area contributed by atoms with E-state index in [1.165, 1.54) is 19.2 Å². The minimum atomic E-state index is -3.53. The van der Waals surface area contributed by atoms with E-state index in [0.29, 0.717) is 28.1 Å². The Hall–Kier alpha value is -4.12. The van der Waals surface area contributed by atoms with Crippen molar-refractivity contribution in [2.75, 3.05) is 18.1 Å². The summed E-state index contributed by atoms with van der Waals surface area (Å²) in [5.41, 5.74) is 4.32. The molecule has 33 heavy (non-hydrogen) atoms. The van der Waals surface area contributed by atoms with Crippen LogP contribution in [0.25, 0.3) is 39.2 Å². The van der Waals surface area contributed by atoms with Crippen LogP contribution in [0.4, 0.5) is 10.1 Å². The van der Waals surface area contributed by atoms with Gasteiger partial charge in [0.05, 0.1) is 30.6 Å². The molecule has 0 saturated heterocycles. The van der Waals surface area contributed by atoms with Gasteiger partial charge >= 0.3 is 0 Å². The highest BCUT2D eigenvalue weighted by atomic mass is 32.2. The summed E-state index contributed by atoms with van der Waals surface area (Å²) in [7, 11) is -2.12. The average molecular weight is 464 g/mol. The summed E-state index contributed by atoms with van der Waals surface area (Å²) in [6.07, 6.45) is 4.26. The van der Waals surface area contributed by atoms with Gasteiger partial charge < -0.3 is 4.74 Å². The van der Waals surface area contributed by atoms with Crippen molar-refractivity contribution in [3.8, 4) is 28.4 Å². The second kappa shape index (κ2) is 7.78. The van der Waals surface area contributed by atoms with Crippen LogP contribution in [0.2, 0.25) is 0 Å². The van der Waals surface area contributed by atoms with E-state index >= 15 is 0 Å². The highest BCUT2D eigenvalue weighted by Gasteiger charge is 2.15. The van der Waals surface area contributed by atoms with Gasteiger partial charge in [0.25, 0.3) is 0 Å². The third-order valence-corrected chi connectivity index (χ3v) is 5.59. The standard InChI is InChI=1S/C22H17FN6O3S/c1-32-22-18(28-33(2,30)31)9-15(11-25-22)14-5-8-17-19(10-14)29-20(12-24-17)26-27-21(29)13-3-6-16(23)7-4-13/h3-12,28H,1-2H3. The maximum Gasteiger partial charge on any atom is 0.238 e. The molecule has 0 aliphatic rings. The Morgan fingerprint density at radius 1 is 0.939 bits per heavy atom. The fourth-order valence-corrected chi connectivity index (χ4v) is 4.11. The molecule has 9 nitrogen and oxygen atoms in total. The van der Waals surface area contributed by atoms with Crippen molar-refractivity contribution in [1.29, 1.82) is 0 Å². The van der Waals surface area contributed by atoms with Gasteiger partial charge in [0.15, 0.2) is 11.5 Å². The second-order valence-electron chi connectivity index (χ2n) is 7.34. The number of aromatic nitrogens is 5. The maximum absolute atomic E-state index is 13.4. The van der Waals surface area contributed by atoms with Crippen LogP contribution >= 0.6 is 0 Å². The predicted octanol–water partition coefficient (Wildman–Crippen LogP) is 3.53. The fraction of sp³-hybridized carbons (Fsp3) is 0.0909. The number of sulfonamides is 1. The van der Waals surface area contributed by atoms with Crippen molar-refractivity contribution < 1.29 is 17.5 Å². The van der Waals surface area contributed by atoms with Crippen LogP contribution in [0.1, 0.15) is 0 Å². The van der Waals surface area contributed by atoms with Crippen LogP contribution in [0.15, 0.2) is 60.9 Å². The van der Waals surface area contributed by atoms with E-state index in [0.717, 1.165) is 17.3 Å². The molecule has 2 aromatic carbocycles. The Bertz CT molecular complexity index is 1620. The number of halogens is 1. The summed E-state index contributed by atoms with van der Waals surface area (Å²) in [4.78, 5) is 8.68. The second-order valence-corrected chi connectivity index (χ2v) is 9.09. The topological polar surface area (TPSA) is 111 Å². The van der Waals surface area contributed by atoms with Gasteiger partial charge in [-0.2, -0.15) is 0 Å². The van der Waals surface area contributed by atoms with Crippen molar-refractivity contribution in [3.63, 3.8) is 0 Å². The molecular weight excluding hydrogens is 447 g/mol. The highest BCUT2D eigenvalue weighted by molar-refractivity contribution is 7.92. The Kier molecular flexibility index (Phi) is 4.90. The summed E-state index contributed by atoms with van der Waals surface area (Å²) in [5, 5.41) is 8.47. The van der Waals surface area contributed by atoms with E-state index in [9.17, 15) is 12.8 Å². The molecule has 11 heteroatoms. The summed E-state index contributed by atoms with van der Waals surface area (Å²) in [6.45, 7) is 0.